The molecule has 0 radical (unpaired) electrons. The van der Waals surface area contributed by atoms with E-state index in [1.807, 2.05) is 0 Å². The molecule has 0 atom stereocenters. The maximum absolute atomic E-state index is 11.0. The number of amides is 2. The molecular weight excluding hydrogens is 188 g/mol. The monoisotopic (exact) mass is 202 g/mol. The summed E-state index contributed by atoms with van der Waals surface area (Å²) in [5, 5.41) is 2.26. The van der Waals surface area contributed by atoms with E-state index in [0.717, 1.165) is 7.11 Å². The average Bonchev–Trinajstić information content (AvgIpc) is 2.15. The van der Waals surface area contributed by atoms with Gasteiger partial charge in [-0.15, -0.1) is 0 Å². The fraction of sp³-hybridized carbons (Fsp3) is 0.625. The molecule has 6 heteroatoms. The summed E-state index contributed by atoms with van der Waals surface area (Å²) in [5.41, 5.74) is 0. The Morgan fingerprint density at radius 2 is 1.86 bits per heavy atom. The van der Waals surface area contributed by atoms with Crippen LogP contribution in [0.15, 0.2) is 0 Å². The number of esters is 1. The molecule has 0 aliphatic carbocycles. The van der Waals surface area contributed by atoms with Gasteiger partial charge in [-0.05, 0) is 0 Å². The number of nitrogens with one attached hydrogen (secondary N) is 1. The third kappa shape index (κ3) is 4.44. The molecule has 0 rings (SSSR count). The van der Waals surface area contributed by atoms with Crippen molar-refractivity contribution in [3.05, 3.63) is 0 Å². The smallest absolute Gasteiger partial charge is 0.396 e. The Morgan fingerprint density at radius 3 is 2.29 bits per heavy atom. The number of hydrogen-bond acceptors (Lipinski definition) is 4. The van der Waals surface area contributed by atoms with Crippen molar-refractivity contribution in [3.63, 3.8) is 0 Å². The minimum atomic E-state index is -0.956. The number of rotatable bonds is 3. The van der Waals surface area contributed by atoms with Crippen molar-refractivity contribution in [1.82, 2.24) is 10.2 Å². The Kier molecular flexibility index (Phi) is 5.28. The zero-order valence-corrected chi connectivity index (χ0v) is 8.49. The zero-order valence-electron chi connectivity index (χ0n) is 8.49. The highest BCUT2D eigenvalue weighted by Crippen LogP contribution is 1.85. The molecule has 0 saturated carbocycles. The van der Waals surface area contributed by atoms with Crippen LogP contribution in [0.5, 0.6) is 0 Å². The van der Waals surface area contributed by atoms with E-state index in [2.05, 4.69) is 10.1 Å². The number of methoxy groups -OCH3 is 1. The number of hydrogen-bond donors (Lipinski definition) is 1. The van der Waals surface area contributed by atoms with Gasteiger partial charge in [0, 0.05) is 27.1 Å². The number of nitrogens with zero attached hydrogens (tertiary/aromatic N) is 1. The molecule has 0 bridgehead atoms. The molecule has 0 saturated heterocycles. The summed E-state index contributed by atoms with van der Waals surface area (Å²) in [4.78, 5) is 33.8. The summed E-state index contributed by atoms with van der Waals surface area (Å²) >= 11 is 0. The minimum Gasteiger partial charge on any atom is -0.462 e. The summed E-state index contributed by atoms with van der Waals surface area (Å²) in [6.07, 6.45) is 0.162. The molecule has 0 aromatic carbocycles. The number of ether oxygens (including phenoxy) is 1. The van der Waals surface area contributed by atoms with E-state index >= 15 is 0 Å². The van der Waals surface area contributed by atoms with Crippen molar-refractivity contribution in [2.24, 2.45) is 0 Å². The van der Waals surface area contributed by atoms with Crippen LogP contribution in [0.1, 0.15) is 6.42 Å². The van der Waals surface area contributed by atoms with Crippen molar-refractivity contribution < 1.29 is 19.1 Å². The van der Waals surface area contributed by atoms with Gasteiger partial charge < -0.3 is 15.0 Å². The first-order valence-electron chi connectivity index (χ1n) is 4.05. The molecule has 2 amide bonds. The summed E-state index contributed by atoms with van der Waals surface area (Å²) in [7, 11) is 4.35. The van der Waals surface area contributed by atoms with Crippen LogP contribution in [0.4, 0.5) is 0 Å². The van der Waals surface area contributed by atoms with Crippen molar-refractivity contribution in [2.45, 2.75) is 6.42 Å². The molecule has 14 heavy (non-hydrogen) atoms. The molecule has 0 spiro atoms. The summed E-state index contributed by atoms with van der Waals surface area (Å²) in [6, 6.07) is 0. The fourth-order valence-electron chi connectivity index (χ4n) is 0.671. The molecule has 0 fully saturated rings. The fourth-order valence-corrected chi connectivity index (χ4v) is 0.671. The van der Waals surface area contributed by atoms with E-state index < -0.39 is 11.9 Å². The average molecular weight is 202 g/mol. The highest BCUT2D eigenvalue weighted by Gasteiger charge is 2.13. The van der Waals surface area contributed by atoms with Gasteiger partial charge in [0.1, 0.15) is 0 Å². The van der Waals surface area contributed by atoms with E-state index in [4.69, 9.17) is 0 Å². The Labute approximate surface area is 82.2 Å². The number of carbonyl (C=O) groups is 3. The molecule has 1 N–H and O–H groups in total. The molecule has 0 aromatic heterocycles. The molecule has 80 valence electrons. The quantitative estimate of drug-likeness (QED) is 0.458. The molecule has 0 aliphatic rings. The molecular formula is C8H14N2O4. The Morgan fingerprint density at radius 1 is 1.29 bits per heavy atom. The first-order valence-corrected chi connectivity index (χ1v) is 4.05. The summed E-state index contributed by atoms with van der Waals surface area (Å²) < 4.78 is 4.17. The maximum atomic E-state index is 11.0. The van der Waals surface area contributed by atoms with Gasteiger partial charge >= 0.3 is 11.9 Å². The van der Waals surface area contributed by atoms with Crippen molar-refractivity contribution in [1.29, 1.82) is 0 Å². The first kappa shape index (κ1) is 12.4. The van der Waals surface area contributed by atoms with E-state index in [0.29, 0.717) is 0 Å². The standard InChI is InChI=1S/C8H14N2O4/c1-10(2)6(11)4-5-9-7(12)8(13)14-3/h4-5H2,1-3H3,(H,9,12). The van der Waals surface area contributed by atoms with Crippen molar-refractivity contribution in [3.8, 4) is 0 Å². The largest absolute Gasteiger partial charge is 0.462 e. The second kappa shape index (κ2) is 5.95. The van der Waals surface area contributed by atoms with Gasteiger partial charge in [-0.25, -0.2) is 4.79 Å². The number of carbonyl (C=O) groups excluding carboxylic acids is 3. The maximum Gasteiger partial charge on any atom is 0.396 e. The van der Waals surface area contributed by atoms with Gasteiger partial charge in [-0.2, -0.15) is 0 Å². The van der Waals surface area contributed by atoms with Crippen LogP contribution in [0, 0.1) is 0 Å². The van der Waals surface area contributed by atoms with Gasteiger partial charge in [0.05, 0.1) is 7.11 Å². The first-order chi connectivity index (χ1) is 6.49. The highest BCUT2D eigenvalue weighted by molar-refractivity contribution is 6.32. The lowest BCUT2D eigenvalue weighted by Crippen LogP contribution is -2.35. The van der Waals surface area contributed by atoms with Gasteiger partial charge in [0.25, 0.3) is 0 Å². The zero-order chi connectivity index (χ0) is 11.1. The van der Waals surface area contributed by atoms with Crippen LogP contribution in [0.3, 0.4) is 0 Å². The normalized spacial score (nSPS) is 9.07. The SMILES string of the molecule is COC(=O)C(=O)NCCC(=O)N(C)C. The van der Waals surface area contributed by atoms with E-state index in [-0.39, 0.29) is 18.9 Å². The highest BCUT2D eigenvalue weighted by atomic mass is 16.5. The molecule has 6 nitrogen and oxygen atoms in total. The molecule has 0 aromatic rings. The van der Waals surface area contributed by atoms with Crippen LogP contribution in [0.25, 0.3) is 0 Å². The van der Waals surface area contributed by atoms with Gasteiger partial charge in [-0.3, -0.25) is 9.59 Å². The van der Waals surface area contributed by atoms with Crippen molar-refractivity contribution in [2.75, 3.05) is 27.7 Å². The summed E-state index contributed by atoms with van der Waals surface area (Å²) in [5.74, 6) is -1.91. The minimum absolute atomic E-state index is 0.116. The lowest BCUT2D eigenvalue weighted by molar-refractivity contribution is -0.152. The topological polar surface area (TPSA) is 75.7 Å². The van der Waals surface area contributed by atoms with Gasteiger partial charge in [0.2, 0.25) is 5.91 Å². The third-order valence-corrected chi connectivity index (χ3v) is 1.49. The second-order valence-electron chi connectivity index (χ2n) is 2.79. The van der Waals surface area contributed by atoms with Crippen LogP contribution in [-0.4, -0.2) is 50.4 Å². The molecule has 0 heterocycles. The summed E-state index contributed by atoms with van der Waals surface area (Å²) in [6.45, 7) is 0.130. The van der Waals surface area contributed by atoms with Gasteiger partial charge in [0.15, 0.2) is 0 Å². The third-order valence-electron chi connectivity index (χ3n) is 1.49. The van der Waals surface area contributed by atoms with E-state index in [1.54, 1.807) is 14.1 Å². The molecule has 0 unspecified atom stereocenters. The Balaban J connectivity index is 3.70. The van der Waals surface area contributed by atoms with Crippen LogP contribution >= 0.6 is 0 Å². The second-order valence-corrected chi connectivity index (χ2v) is 2.79. The van der Waals surface area contributed by atoms with Crippen LogP contribution in [-0.2, 0) is 19.1 Å². The predicted molar refractivity (Wildman–Crippen MR) is 48.3 cm³/mol. The van der Waals surface area contributed by atoms with Crippen LogP contribution in [0.2, 0.25) is 0 Å². The molecule has 0 aliphatic heterocycles. The van der Waals surface area contributed by atoms with E-state index in [1.165, 1.54) is 4.90 Å². The van der Waals surface area contributed by atoms with Crippen LogP contribution < -0.4 is 5.32 Å². The van der Waals surface area contributed by atoms with E-state index in [9.17, 15) is 14.4 Å². The Bertz CT molecular complexity index is 237. The van der Waals surface area contributed by atoms with Gasteiger partial charge in [-0.1, -0.05) is 0 Å². The lowest BCUT2D eigenvalue weighted by Gasteiger charge is -2.09. The predicted octanol–water partition coefficient (Wildman–Crippen LogP) is -1.25. The lowest BCUT2D eigenvalue weighted by atomic mass is 10.4. The van der Waals surface area contributed by atoms with Crippen molar-refractivity contribution >= 4 is 17.8 Å². The Hall–Kier alpha value is -1.59.